The lowest BCUT2D eigenvalue weighted by molar-refractivity contribution is 0.149. The van der Waals surface area contributed by atoms with Gasteiger partial charge in [0, 0.05) is 30.4 Å². The van der Waals surface area contributed by atoms with Crippen molar-refractivity contribution in [3.8, 4) is 0 Å². The molecule has 0 saturated heterocycles. The number of amidine groups is 1. The monoisotopic (exact) mass is 477 g/mol. The Morgan fingerprint density at radius 1 is 1.09 bits per heavy atom. The average molecular weight is 478 g/mol. The Kier molecular flexibility index (Phi) is 12.9. The number of nitrogens with one attached hydrogen (secondary N) is 3. The van der Waals surface area contributed by atoms with E-state index in [1.807, 2.05) is 42.5 Å². The lowest BCUT2D eigenvalue weighted by Gasteiger charge is -2.15. The zero-order chi connectivity index (χ0) is 25.3. The number of anilines is 1. The first kappa shape index (κ1) is 27.8. The molecule has 1 atom stereocenters. The highest BCUT2D eigenvalue weighted by Gasteiger charge is 2.09. The van der Waals surface area contributed by atoms with Crippen LogP contribution in [0.2, 0.25) is 0 Å². The zero-order valence-electron chi connectivity index (χ0n) is 20.6. The molecule has 0 radical (unpaired) electrons. The van der Waals surface area contributed by atoms with Gasteiger partial charge in [-0.25, -0.2) is 4.79 Å². The molecule has 0 aliphatic rings. The molecule has 1 amide bonds. The lowest BCUT2D eigenvalue weighted by atomic mass is 10.0. The Morgan fingerprint density at radius 3 is 2.60 bits per heavy atom. The van der Waals surface area contributed by atoms with Crippen LogP contribution >= 0.6 is 0 Å². The molecular formula is C28H39N5O2. The van der Waals surface area contributed by atoms with E-state index in [0.717, 1.165) is 43.4 Å². The third-order valence-electron chi connectivity index (χ3n) is 5.41. The van der Waals surface area contributed by atoms with Gasteiger partial charge in [-0.3, -0.25) is 10.7 Å². The summed E-state index contributed by atoms with van der Waals surface area (Å²) < 4.78 is 5.13. The fourth-order valence-electron chi connectivity index (χ4n) is 3.39. The largest absolute Gasteiger partial charge is 0.449 e. The maximum atomic E-state index is 11.9. The number of carbonyl (C=O) groups is 1. The van der Waals surface area contributed by atoms with Crippen LogP contribution in [0.1, 0.15) is 55.3 Å². The van der Waals surface area contributed by atoms with Gasteiger partial charge in [0.2, 0.25) is 0 Å². The van der Waals surface area contributed by atoms with E-state index in [1.165, 1.54) is 5.56 Å². The minimum Gasteiger partial charge on any atom is -0.449 e. The highest BCUT2D eigenvalue weighted by Crippen LogP contribution is 2.16. The zero-order valence-corrected chi connectivity index (χ0v) is 20.6. The van der Waals surface area contributed by atoms with Crippen LogP contribution in [-0.2, 0) is 11.2 Å². The summed E-state index contributed by atoms with van der Waals surface area (Å²) in [6.45, 7) is 3.61. The predicted octanol–water partition coefficient (Wildman–Crippen LogP) is 5.04. The molecule has 7 heteroatoms. The Bertz CT molecular complexity index is 970. The quantitative estimate of drug-likeness (QED) is 0.113. The predicted molar refractivity (Wildman–Crippen MR) is 145 cm³/mol. The maximum Gasteiger partial charge on any atom is 0.412 e. The molecule has 188 valence electrons. The molecule has 2 aromatic rings. The van der Waals surface area contributed by atoms with Crippen molar-refractivity contribution < 1.29 is 9.53 Å². The molecule has 7 N–H and O–H groups in total. The first-order valence-electron chi connectivity index (χ1n) is 12.3. The Labute approximate surface area is 209 Å². The smallest absolute Gasteiger partial charge is 0.412 e. The van der Waals surface area contributed by atoms with Crippen LogP contribution in [0.5, 0.6) is 0 Å². The molecule has 7 nitrogen and oxygen atoms in total. The van der Waals surface area contributed by atoms with Gasteiger partial charge in [0.25, 0.3) is 0 Å². The molecule has 0 aliphatic heterocycles. The van der Waals surface area contributed by atoms with Gasteiger partial charge in [0.1, 0.15) is 5.84 Å². The third-order valence-corrected chi connectivity index (χ3v) is 5.41. The number of allylic oxidation sites excluding steroid dienone is 3. The van der Waals surface area contributed by atoms with Crippen molar-refractivity contribution in [2.24, 2.45) is 11.5 Å². The van der Waals surface area contributed by atoms with E-state index in [0.29, 0.717) is 25.3 Å². The summed E-state index contributed by atoms with van der Waals surface area (Å²) in [6, 6.07) is 15.4. The van der Waals surface area contributed by atoms with Crippen molar-refractivity contribution >= 4 is 17.6 Å². The number of unbranched alkanes of at least 4 members (excludes halogenated alkanes) is 3. The van der Waals surface area contributed by atoms with Crippen molar-refractivity contribution in [3.63, 3.8) is 0 Å². The van der Waals surface area contributed by atoms with Gasteiger partial charge in [-0.1, -0.05) is 74.8 Å². The van der Waals surface area contributed by atoms with Crippen molar-refractivity contribution in [2.75, 3.05) is 25.0 Å². The van der Waals surface area contributed by atoms with Crippen molar-refractivity contribution in [1.29, 1.82) is 5.41 Å². The number of benzene rings is 2. The molecule has 0 saturated carbocycles. The normalized spacial score (nSPS) is 12.1. The van der Waals surface area contributed by atoms with Gasteiger partial charge in [0.15, 0.2) is 0 Å². The molecule has 0 fully saturated rings. The van der Waals surface area contributed by atoms with Gasteiger partial charge in [-0.15, -0.1) is 0 Å². The third kappa shape index (κ3) is 11.0. The Morgan fingerprint density at radius 2 is 1.86 bits per heavy atom. The van der Waals surface area contributed by atoms with Crippen LogP contribution in [0.15, 0.2) is 72.8 Å². The number of amides is 1. The van der Waals surface area contributed by atoms with Crippen LogP contribution in [0.3, 0.4) is 0 Å². The minimum absolute atomic E-state index is 0.0104. The van der Waals surface area contributed by atoms with Crippen molar-refractivity contribution in [3.05, 3.63) is 89.5 Å². The molecule has 0 aliphatic carbocycles. The molecular weight excluding hydrogens is 438 g/mol. The fraction of sp³-hybridized carbons (Fsp3) is 0.357. The summed E-state index contributed by atoms with van der Waals surface area (Å²) >= 11 is 0. The summed E-state index contributed by atoms with van der Waals surface area (Å²) in [7, 11) is 0. The second-order valence-corrected chi connectivity index (χ2v) is 8.30. The highest BCUT2D eigenvalue weighted by molar-refractivity contribution is 6.04. The SMILES string of the molecule is CCCCCCOC(=O)NC(=N)c1ccc(NCC(N)c2cccc(CC=C/C=C\CN)c2)cc1. The van der Waals surface area contributed by atoms with Gasteiger partial charge < -0.3 is 21.5 Å². The van der Waals surface area contributed by atoms with Crippen LogP contribution in [-0.4, -0.2) is 31.6 Å². The summed E-state index contributed by atoms with van der Waals surface area (Å²) in [5.74, 6) is 0.0104. The van der Waals surface area contributed by atoms with Crippen LogP contribution < -0.4 is 22.1 Å². The van der Waals surface area contributed by atoms with Crippen LogP contribution in [0, 0.1) is 5.41 Å². The first-order chi connectivity index (χ1) is 17.0. The van der Waals surface area contributed by atoms with Gasteiger partial charge >= 0.3 is 6.09 Å². The second-order valence-electron chi connectivity index (χ2n) is 8.30. The van der Waals surface area contributed by atoms with Crippen molar-refractivity contribution in [1.82, 2.24) is 5.32 Å². The first-order valence-corrected chi connectivity index (χ1v) is 12.3. The number of hydrogen-bond acceptors (Lipinski definition) is 6. The van der Waals surface area contributed by atoms with E-state index in [9.17, 15) is 4.79 Å². The highest BCUT2D eigenvalue weighted by atomic mass is 16.5. The van der Waals surface area contributed by atoms with Crippen molar-refractivity contribution in [2.45, 2.75) is 45.1 Å². The van der Waals surface area contributed by atoms with Gasteiger partial charge in [-0.05, 0) is 48.2 Å². The number of carbonyl (C=O) groups excluding carboxylic acids is 1. The van der Waals surface area contributed by atoms with Crippen LogP contribution in [0.4, 0.5) is 10.5 Å². The van der Waals surface area contributed by atoms with E-state index in [2.05, 4.69) is 35.8 Å². The minimum atomic E-state index is -0.593. The molecule has 0 bridgehead atoms. The lowest BCUT2D eigenvalue weighted by Crippen LogP contribution is -2.31. The van der Waals surface area contributed by atoms with E-state index in [-0.39, 0.29) is 11.9 Å². The molecule has 0 aromatic heterocycles. The molecule has 1 unspecified atom stereocenters. The van der Waals surface area contributed by atoms with E-state index in [1.54, 1.807) is 12.1 Å². The number of rotatable bonds is 14. The standard InChI is InChI=1S/C28H39N5O2/c1-2-3-4-9-19-35-28(34)33-27(31)23-14-16-25(17-15-23)32-21-26(30)24-13-10-12-22(20-24)11-7-5-6-8-18-29/h5-8,10,12-17,20,26,32H,2-4,9,11,18-19,21,29-30H2,1H3,(H2,31,33,34)/b7-5?,8-6-. The summed E-state index contributed by atoms with van der Waals surface area (Å²) in [5.41, 5.74) is 15.6. The topological polar surface area (TPSA) is 126 Å². The Hall–Kier alpha value is -3.42. The van der Waals surface area contributed by atoms with Gasteiger partial charge in [-0.2, -0.15) is 0 Å². The number of ether oxygens (including phenoxy) is 1. The molecule has 0 heterocycles. The van der Waals surface area contributed by atoms with E-state index >= 15 is 0 Å². The number of nitrogens with two attached hydrogens (primary N) is 2. The summed E-state index contributed by atoms with van der Waals surface area (Å²) in [4.78, 5) is 11.9. The number of hydrogen-bond donors (Lipinski definition) is 5. The second kappa shape index (κ2) is 16.2. The van der Waals surface area contributed by atoms with Gasteiger partial charge in [0.05, 0.1) is 6.61 Å². The molecule has 2 aromatic carbocycles. The van der Waals surface area contributed by atoms with E-state index in [4.69, 9.17) is 21.6 Å². The maximum absolute atomic E-state index is 11.9. The average Bonchev–Trinajstić information content (AvgIpc) is 2.87. The molecule has 2 rings (SSSR count). The summed E-state index contributed by atoms with van der Waals surface area (Å²) in [6.07, 6.45) is 12.3. The molecule has 0 spiro atoms. The van der Waals surface area contributed by atoms with E-state index < -0.39 is 6.09 Å². The molecule has 35 heavy (non-hydrogen) atoms. The number of alkyl carbamates (subject to hydrolysis) is 1. The summed E-state index contributed by atoms with van der Waals surface area (Å²) in [5, 5.41) is 13.9. The Balaban J connectivity index is 1.79. The van der Waals surface area contributed by atoms with Crippen LogP contribution in [0.25, 0.3) is 0 Å². The fourth-order valence-corrected chi connectivity index (χ4v) is 3.39.